The molecule has 0 spiro atoms. The van der Waals surface area contributed by atoms with Gasteiger partial charge in [0.25, 0.3) is 0 Å². The van der Waals surface area contributed by atoms with Crippen LogP contribution in [0.15, 0.2) is 64.1 Å². The minimum absolute atomic E-state index is 0.260. The molecule has 8 heteroatoms. The zero-order valence-electron chi connectivity index (χ0n) is 20.2. The number of anilines is 1. The summed E-state index contributed by atoms with van der Waals surface area (Å²) >= 11 is 0. The number of ether oxygens (including phenoxy) is 1. The van der Waals surface area contributed by atoms with Crippen molar-refractivity contribution in [3.63, 3.8) is 0 Å². The van der Waals surface area contributed by atoms with Gasteiger partial charge >= 0.3 is 5.63 Å². The number of para-hydroxylation sites is 1. The Morgan fingerprint density at radius 1 is 1.00 bits per heavy atom. The van der Waals surface area contributed by atoms with Crippen LogP contribution in [0.4, 0.5) is 5.69 Å². The van der Waals surface area contributed by atoms with Gasteiger partial charge in [0.2, 0.25) is 5.88 Å². The van der Waals surface area contributed by atoms with Crippen molar-refractivity contribution in [2.75, 3.05) is 19.0 Å². The Labute approximate surface area is 201 Å². The van der Waals surface area contributed by atoms with Gasteiger partial charge in [-0.1, -0.05) is 45.0 Å². The number of hydrogen-bond acceptors (Lipinski definition) is 7. The van der Waals surface area contributed by atoms with Gasteiger partial charge in [0.15, 0.2) is 17.2 Å². The molecule has 2 aromatic carbocycles. The van der Waals surface area contributed by atoms with Crippen molar-refractivity contribution in [3.8, 4) is 11.6 Å². The van der Waals surface area contributed by atoms with Crippen LogP contribution in [0.2, 0.25) is 0 Å². The summed E-state index contributed by atoms with van der Waals surface area (Å²) in [6.07, 6.45) is 1.61. The average molecular weight is 468 g/mol. The van der Waals surface area contributed by atoms with Gasteiger partial charge in [-0.2, -0.15) is 0 Å². The highest BCUT2D eigenvalue weighted by Gasteiger charge is 2.38. The average Bonchev–Trinajstić information content (AvgIpc) is 3.28. The van der Waals surface area contributed by atoms with Gasteiger partial charge in [0.1, 0.15) is 11.9 Å². The molecule has 35 heavy (non-hydrogen) atoms. The van der Waals surface area contributed by atoms with Crippen LogP contribution in [0, 0.1) is 0 Å². The van der Waals surface area contributed by atoms with E-state index in [4.69, 9.17) is 14.1 Å². The number of aromatic nitrogens is 4. The summed E-state index contributed by atoms with van der Waals surface area (Å²) < 4.78 is 13.7. The maximum Gasteiger partial charge on any atom is 0.344 e. The lowest BCUT2D eigenvalue weighted by molar-refractivity contribution is 0.422. The molecule has 5 aromatic rings. The van der Waals surface area contributed by atoms with Crippen LogP contribution in [0.1, 0.15) is 49.2 Å². The van der Waals surface area contributed by atoms with E-state index in [2.05, 4.69) is 30.9 Å². The van der Waals surface area contributed by atoms with E-state index in [0.717, 1.165) is 16.6 Å². The van der Waals surface area contributed by atoms with Crippen LogP contribution in [0.25, 0.3) is 16.6 Å². The molecule has 0 N–H and O–H groups in total. The zero-order chi connectivity index (χ0) is 24.5. The van der Waals surface area contributed by atoms with Gasteiger partial charge in [-0.3, -0.25) is 0 Å². The lowest BCUT2D eigenvalue weighted by Gasteiger charge is -2.27. The Balaban J connectivity index is 1.69. The van der Waals surface area contributed by atoms with Crippen LogP contribution >= 0.6 is 0 Å². The molecule has 0 saturated carbocycles. The molecule has 0 bridgehead atoms. The summed E-state index contributed by atoms with van der Waals surface area (Å²) in [7, 11) is 3.99. The summed E-state index contributed by atoms with van der Waals surface area (Å²) in [4.78, 5) is 24.9. The standard InChI is InChI=1S/C27H25N5O3/c1-27(2,3)26-29-23-21-19(15-10-12-16(13-11-15)31(4)5)20-22(35-24(21)28-14-32(23)30-26)17-8-6-7-9-18(17)34-25(20)33/h6-14,19H,1-5H3. The number of nitrogens with zero attached hydrogens (tertiary/aromatic N) is 5. The third-order valence-electron chi connectivity index (χ3n) is 6.38. The second-order valence-electron chi connectivity index (χ2n) is 10.1. The highest BCUT2D eigenvalue weighted by atomic mass is 16.5. The van der Waals surface area contributed by atoms with Crippen molar-refractivity contribution in [2.24, 2.45) is 0 Å². The maximum atomic E-state index is 13.4. The summed E-state index contributed by atoms with van der Waals surface area (Å²) in [6.45, 7) is 6.18. The van der Waals surface area contributed by atoms with E-state index in [1.165, 1.54) is 0 Å². The van der Waals surface area contributed by atoms with E-state index in [0.29, 0.717) is 39.8 Å². The van der Waals surface area contributed by atoms with E-state index in [1.54, 1.807) is 16.9 Å². The first-order valence-corrected chi connectivity index (χ1v) is 11.5. The number of fused-ring (bicyclic) bond motifs is 6. The highest BCUT2D eigenvalue weighted by Crippen LogP contribution is 2.48. The zero-order valence-corrected chi connectivity index (χ0v) is 20.2. The fraction of sp³-hybridized carbons (Fsp3) is 0.259. The maximum absolute atomic E-state index is 13.4. The lowest BCUT2D eigenvalue weighted by Crippen LogP contribution is -2.22. The first-order valence-electron chi connectivity index (χ1n) is 11.5. The Morgan fingerprint density at radius 3 is 2.46 bits per heavy atom. The third-order valence-corrected chi connectivity index (χ3v) is 6.38. The molecule has 8 nitrogen and oxygen atoms in total. The number of rotatable bonds is 2. The van der Waals surface area contributed by atoms with Gasteiger partial charge in [-0.05, 0) is 29.8 Å². The molecule has 176 valence electrons. The van der Waals surface area contributed by atoms with Gasteiger partial charge < -0.3 is 14.1 Å². The van der Waals surface area contributed by atoms with Crippen molar-refractivity contribution < 1.29 is 9.15 Å². The second kappa shape index (κ2) is 7.40. The van der Waals surface area contributed by atoms with E-state index in [1.807, 2.05) is 61.5 Å². The van der Waals surface area contributed by atoms with Crippen molar-refractivity contribution in [3.05, 3.63) is 87.8 Å². The first-order chi connectivity index (χ1) is 16.7. The number of hydrogen-bond donors (Lipinski definition) is 0. The lowest BCUT2D eigenvalue weighted by atomic mass is 9.84. The van der Waals surface area contributed by atoms with E-state index in [-0.39, 0.29) is 5.41 Å². The van der Waals surface area contributed by atoms with Crippen LogP contribution in [-0.2, 0) is 5.41 Å². The van der Waals surface area contributed by atoms with Gasteiger partial charge in [-0.15, -0.1) is 5.10 Å². The van der Waals surface area contributed by atoms with Crippen molar-refractivity contribution in [2.45, 2.75) is 32.1 Å². The molecular weight excluding hydrogens is 442 g/mol. The van der Waals surface area contributed by atoms with Gasteiger partial charge in [-0.25, -0.2) is 19.3 Å². The Kier molecular flexibility index (Phi) is 4.51. The van der Waals surface area contributed by atoms with Crippen LogP contribution < -0.4 is 15.3 Å². The second-order valence-corrected chi connectivity index (χ2v) is 10.1. The summed E-state index contributed by atoms with van der Waals surface area (Å²) in [5.41, 5.74) is 3.49. The predicted molar refractivity (Wildman–Crippen MR) is 134 cm³/mol. The molecule has 1 unspecified atom stereocenters. The highest BCUT2D eigenvalue weighted by molar-refractivity contribution is 5.86. The molecule has 0 radical (unpaired) electrons. The first kappa shape index (κ1) is 21.3. The summed E-state index contributed by atoms with van der Waals surface area (Å²) in [6, 6.07) is 15.5. The van der Waals surface area contributed by atoms with Crippen LogP contribution in [0.3, 0.4) is 0 Å². The predicted octanol–water partition coefficient (Wildman–Crippen LogP) is 4.88. The molecule has 0 fully saturated rings. The van der Waals surface area contributed by atoms with Crippen molar-refractivity contribution in [1.29, 1.82) is 0 Å². The molecule has 0 amide bonds. The largest absolute Gasteiger partial charge is 0.437 e. The third kappa shape index (κ3) is 3.28. The van der Waals surface area contributed by atoms with Gasteiger partial charge in [0.05, 0.1) is 22.4 Å². The fourth-order valence-electron chi connectivity index (χ4n) is 4.55. The summed E-state index contributed by atoms with van der Waals surface area (Å²) in [5.74, 6) is 1.08. The fourth-order valence-corrected chi connectivity index (χ4v) is 4.55. The topological polar surface area (TPSA) is 85.8 Å². The molecule has 0 aliphatic carbocycles. The molecule has 0 saturated heterocycles. The monoisotopic (exact) mass is 467 g/mol. The van der Waals surface area contributed by atoms with Crippen LogP contribution in [0.5, 0.6) is 11.6 Å². The van der Waals surface area contributed by atoms with Crippen LogP contribution in [-0.4, -0.2) is 33.7 Å². The van der Waals surface area contributed by atoms with E-state index >= 15 is 0 Å². The Morgan fingerprint density at radius 2 is 1.74 bits per heavy atom. The smallest absolute Gasteiger partial charge is 0.344 e. The Hall–Kier alpha value is -4.20. The van der Waals surface area contributed by atoms with Crippen molar-refractivity contribution in [1.82, 2.24) is 19.6 Å². The molecule has 3 aromatic heterocycles. The molecule has 1 atom stereocenters. The quantitative estimate of drug-likeness (QED) is 0.336. The SMILES string of the molecule is CN(C)c1ccc(C2c3c(c4ccccc4oc3=O)Oc3ncn4nc(C(C)(C)C)nc4c32)cc1. The van der Waals surface area contributed by atoms with Crippen molar-refractivity contribution >= 4 is 22.3 Å². The molecule has 1 aliphatic heterocycles. The normalized spacial score (nSPS) is 15.1. The number of benzene rings is 2. The summed E-state index contributed by atoms with van der Waals surface area (Å²) in [5, 5.41) is 5.39. The molecule has 1 aliphatic rings. The molecular formula is C27H25N5O3. The minimum atomic E-state index is -0.487. The van der Waals surface area contributed by atoms with Gasteiger partial charge in [0, 0.05) is 25.2 Å². The van der Waals surface area contributed by atoms with E-state index < -0.39 is 11.5 Å². The molecule has 4 heterocycles. The minimum Gasteiger partial charge on any atom is -0.437 e. The van der Waals surface area contributed by atoms with E-state index in [9.17, 15) is 4.79 Å². The molecule has 6 rings (SSSR count). The Bertz CT molecular complexity index is 1660.